The smallest absolute Gasteiger partial charge is 0.387 e. The number of hydrogen-bond donors (Lipinski definition) is 4. The molecule has 7 heterocycles. The molecule has 13 rings (SSSR count). The van der Waals surface area contributed by atoms with Gasteiger partial charge in [0.15, 0.2) is 16.9 Å². The predicted molar refractivity (Wildman–Crippen MR) is 407 cm³/mol. The van der Waals surface area contributed by atoms with Gasteiger partial charge < -0.3 is 48.8 Å². The van der Waals surface area contributed by atoms with Crippen LogP contribution in [-0.2, 0) is 49.2 Å². The summed E-state index contributed by atoms with van der Waals surface area (Å²) in [6, 6.07) is 37.8. The topological polar surface area (TPSA) is 313 Å². The van der Waals surface area contributed by atoms with Crippen LogP contribution in [-0.4, -0.2) is 179 Å². The van der Waals surface area contributed by atoms with E-state index in [4.69, 9.17) is 16.3 Å². The van der Waals surface area contributed by atoms with Gasteiger partial charge in [0.05, 0.1) is 25.4 Å². The molecule has 4 amide bonds. The maximum Gasteiger partial charge on any atom is 0.387 e. The van der Waals surface area contributed by atoms with Crippen molar-refractivity contribution < 1.29 is 72.8 Å². The minimum absolute atomic E-state index is 0. The summed E-state index contributed by atoms with van der Waals surface area (Å²) in [6.07, 6.45) is 7.65. The van der Waals surface area contributed by atoms with Crippen LogP contribution < -0.4 is 43.7 Å². The Morgan fingerprint density at radius 2 is 1.17 bits per heavy atom. The summed E-state index contributed by atoms with van der Waals surface area (Å²) in [5.74, 6) is -0.746. The van der Waals surface area contributed by atoms with Crippen LogP contribution in [0.25, 0.3) is 10.9 Å². The number of anilines is 7. The molecule has 4 N–H and O–H groups in total. The molecule has 3 saturated heterocycles. The van der Waals surface area contributed by atoms with Crippen molar-refractivity contribution in [2.45, 2.75) is 54.2 Å². The Labute approximate surface area is 628 Å². The Hall–Kier alpha value is -10.6. The molecule has 36 heteroatoms. The van der Waals surface area contributed by atoms with Crippen molar-refractivity contribution in [2.24, 2.45) is 0 Å². The molecule has 3 aliphatic rings. The minimum Gasteiger partial charge on any atom is -0.484 e. The summed E-state index contributed by atoms with van der Waals surface area (Å²) in [6.45, 7) is 7.28. The van der Waals surface area contributed by atoms with E-state index < -0.39 is 54.6 Å². The maximum absolute atomic E-state index is 13.2. The fraction of sp³-hybridized carbons (Fsp3) is 0.257. The summed E-state index contributed by atoms with van der Waals surface area (Å²) in [5.41, 5.74) is 4.73. The number of aryl methyl sites for hydroxylation is 1. The number of para-hydroxylation sites is 2. The first-order valence-corrected chi connectivity index (χ1v) is 39.4. The number of fused-ring (bicyclic) bond motifs is 1. The average molecular weight is 1580 g/mol. The number of halogens is 4. The molecule has 0 radical (unpaired) electrons. The van der Waals surface area contributed by atoms with E-state index in [0.29, 0.717) is 87.7 Å². The standard InChI is InChI=1S/C25H25N5O4S2.C24H26F2N6O4S.C21H20ClFN4O4S2.4H2/c1-17-3-8-22-19(15-17)9-11-29(22)18(2)24(32)28-12-13-30(23(31)16-28)20-4-6-21(7-5-20)36(33,34)27-25-26-10-14-35-25;1-17(29-20-4-2-3-5-21(20)36-24(25)26)23(33)32-14-12-31(13-15-32)18-6-8-19(9-7-18)37(34,35)30-22-10-11-27-16-28-22;22-18-13-16(3-6-19(18)23)31-14-20(28)27-10-8-26(9-11-27)15-1-4-17(5-2-15)33(29,30)25-21-24-7-12-32-21;;;;/h3-11,14-15,18H,12-13,16H2,1-2H3,(H,26,27);2-11,16-17,24,29H,12-15H2,1H3,(H,27,28,30);1-7,12-13H,8-11,14H2,(H,24,25);4*1H. The van der Waals surface area contributed by atoms with Crippen LogP contribution in [0.5, 0.6) is 11.5 Å². The van der Waals surface area contributed by atoms with Crippen LogP contribution in [0.1, 0.15) is 31.2 Å². The van der Waals surface area contributed by atoms with E-state index in [1.165, 1.54) is 102 Å². The van der Waals surface area contributed by atoms with Crippen molar-refractivity contribution in [3.63, 3.8) is 0 Å². The van der Waals surface area contributed by atoms with Crippen LogP contribution in [0.3, 0.4) is 0 Å². The summed E-state index contributed by atoms with van der Waals surface area (Å²) in [5, 5.41) is 7.93. The van der Waals surface area contributed by atoms with E-state index in [1.807, 2.05) is 42.8 Å². The van der Waals surface area contributed by atoms with Crippen molar-refractivity contribution in [3.05, 3.63) is 204 Å². The highest BCUT2D eigenvalue weighted by atomic mass is 35.5. The van der Waals surface area contributed by atoms with E-state index in [2.05, 4.69) is 60.0 Å². The number of thiazole rings is 2. The molecule has 564 valence electrons. The molecule has 106 heavy (non-hydrogen) atoms. The third-order valence-corrected chi connectivity index (χ3v) is 23.1. The zero-order valence-corrected chi connectivity index (χ0v) is 61.8. The normalized spacial score (nSPS) is 14.8. The summed E-state index contributed by atoms with van der Waals surface area (Å²) >= 11 is 8.11. The van der Waals surface area contributed by atoms with E-state index in [0.717, 1.165) is 27.8 Å². The van der Waals surface area contributed by atoms with Crippen molar-refractivity contribution in [1.82, 2.24) is 39.2 Å². The van der Waals surface area contributed by atoms with Crippen molar-refractivity contribution in [2.75, 3.05) is 113 Å². The van der Waals surface area contributed by atoms with Gasteiger partial charge >= 0.3 is 6.61 Å². The third kappa shape index (κ3) is 19.5. The van der Waals surface area contributed by atoms with Crippen LogP contribution in [0, 0.1) is 12.7 Å². The zero-order chi connectivity index (χ0) is 75.3. The van der Waals surface area contributed by atoms with Gasteiger partial charge in [0.2, 0.25) is 17.7 Å². The van der Waals surface area contributed by atoms with Gasteiger partial charge in [-0.2, -0.15) is 8.78 Å². The molecule has 3 fully saturated rings. The summed E-state index contributed by atoms with van der Waals surface area (Å²) in [4.78, 5) is 78.1. The lowest BCUT2D eigenvalue weighted by Crippen LogP contribution is -2.53. The van der Waals surface area contributed by atoms with E-state index in [-0.39, 0.29) is 78.9 Å². The predicted octanol–water partition coefficient (Wildman–Crippen LogP) is 11.1. The lowest BCUT2D eigenvalue weighted by Gasteiger charge is -2.37. The van der Waals surface area contributed by atoms with Gasteiger partial charge in [-0.15, -0.1) is 22.7 Å². The number of hydrogen-bond acceptors (Lipinski definition) is 21. The van der Waals surface area contributed by atoms with Gasteiger partial charge in [-0.05, 0) is 147 Å². The molecule has 0 saturated carbocycles. The summed E-state index contributed by atoms with van der Waals surface area (Å²) < 4.78 is 133. The second kappa shape index (κ2) is 34.1. The number of benzene rings is 6. The quantitative estimate of drug-likeness (QED) is 0.0490. The Bertz CT molecular complexity index is 5080. The third-order valence-electron chi connectivity index (χ3n) is 17.1. The summed E-state index contributed by atoms with van der Waals surface area (Å²) in [7, 11) is -11.3. The molecule has 27 nitrogen and oxygen atoms in total. The van der Waals surface area contributed by atoms with Crippen LogP contribution >= 0.6 is 34.3 Å². The SMILES string of the molecule is CC(Nc1ccccc1OC(F)F)C(=O)N1CCN(c2ccc(S(=O)(=O)Nc3ccncn3)cc2)CC1.Cc1ccc2c(ccn2C(C)C(=O)N2CCN(c3ccc(S(=O)(=O)Nc4nccs4)cc3)C(=O)C2)c1.O=C(COc1ccc(F)c(Cl)c1)N1CCN(c2ccc(S(=O)(=O)Nc3nccs3)cc2)CC1.[HH].[HH].[HH].[HH]. The van der Waals surface area contributed by atoms with Gasteiger partial charge in [0, 0.05) is 135 Å². The molecule has 2 atom stereocenters. The molecule has 0 aliphatic carbocycles. The minimum atomic E-state index is -3.80. The largest absolute Gasteiger partial charge is 0.484 e. The van der Waals surface area contributed by atoms with Gasteiger partial charge in [0.25, 0.3) is 36.0 Å². The van der Waals surface area contributed by atoms with Crippen LogP contribution in [0.2, 0.25) is 5.02 Å². The molecule has 6 aromatic carbocycles. The highest BCUT2D eigenvalue weighted by molar-refractivity contribution is 7.93. The van der Waals surface area contributed by atoms with Crippen molar-refractivity contribution >= 4 is 138 Å². The first kappa shape index (κ1) is 76.5. The number of aromatic nitrogens is 5. The van der Waals surface area contributed by atoms with E-state index in [1.54, 1.807) is 104 Å². The Balaban J connectivity index is 0.000000226. The lowest BCUT2D eigenvalue weighted by atomic mass is 10.1. The molecular formula is C70H79ClF3N15O12S5. The molecule has 0 spiro atoms. The molecule has 0 bridgehead atoms. The first-order valence-electron chi connectivity index (χ1n) is 32.8. The number of ether oxygens (including phenoxy) is 2. The number of piperazine rings is 3. The number of nitrogens with one attached hydrogen (secondary N) is 4. The Kier molecular flexibility index (Phi) is 24.6. The van der Waals surface area contributed by atoms with Crippen molar-refractivity contribution in [1.29, 1.82) is 0 Å². The zero-order valence-electron chi connectivity index (χ0n) is 57.0. The van der Waals surface area contributed by atoms with Gasteiger partial charge in [-0.1, -0.05) is 35.4 Å². The molecule has 4 aromatic heterocycles. The van der Waals surface area contributed by atoms with Gasteiger partial charge in [-0.25, -0.2) is 49.6 Å². The number of amides is 4. The van der Waals surface area contributed by atoms with Crippen LogP contribution in [0.15, 0.2) is 202 Å². The lowest BCUT2D eigenvalue weighted by molar-refractivity contribution is -0.139. The molecule has 3 aliphatic heterocycles. The second-order valence-corrected chi connectivity index (χ2v) is 31.4. The molecular weight excluding hydrogens is 1500 g/mol. The average Bonchev–Trinajstić information content (AvgIpc) is 1.62. The number of nitrogens with zero attached hydrogens (tertiary/aromatic N) is 11. The highest BCUT2D eigenvalue weighted by Gasteiger charge is 2.33. The fourth-order valence-corrected chi connectivity index (χ4v) is 16.4. The number of rotatable bonds is 22. The fourth-order valence-electron chi connectivity index (χ4n) is 11.6. The first-order chi connectivity index (χ1) is 50.8. The van der Waals surface area contributed by atoms with Crippen molar-refractivity contribution in [3.8, 4) is 11.5 Å². The maximum atomic E-state index is 13.2. The number of carbonyl (C=O) groups is 4. The van der Waals surface area contributed by atoms with Gasteiger partial charge in [-0.3, -0.25) is 33.3 Å². The number of alkyl halides is 2. The second-order valence-electron chi connectivity index (χ2n) is 24.1. The number of carbonyl (C=O) groups excluding carboxylic acids is 4. The highest BCUT2D eigenvalue weighted by Crippen LogP contribution is 2.31. The van der Waals surface area contributed by atoms with Gasteiger partial charge in [0.1, 0.15) is 48.1 Å². The Morgan fingerprint density at radius 1 is 0.613 bits per heavy atom. The molecule has 2 unspecified atom stereocenters. The van der Waals surface area contributed by atoms with E-state index >= 15 is 0 Å². The monoisotopic (exact) mass is 1570 g/mol. The van der Waals surface area contributed by atoms with E-state index in [9.17, 15) is 57.6 Å². The number of sulfonamides is 3. The Morgan fingerprint density at radius 3 is 1.71 bits per heavy atom. The molecule has 10 aromatic rings. The van der Waals surface area contributed by atoms with Crippen LogP contribution in [0.4, 0.5) is 52.0 Å².